The largest absolute Gasteiger partial charge is 0.462 e. The van der Waals surface area contributed by atoms with Crippen LogP contribution in [0.15, 0.2) is 30.5 Å². The molecule has 0 unspecified atom stereocenters. The van der Waals surface area contributed by atoms with Crippen LogP contribution in [0.3, 0.4) is 0 Å². The number of nitrogens with zero attached hydrogens (tertiary/aromatic N) is 2. The number of carbonyl (C=O) groups is 1. The van der Waals surface area contributed by atoms with Crippen molar-refractivity contribution in [2.24, 2.45) is 0 Å². The van der Waals surface area contributed by atoms with Gasteiger partial charge in [-0.05, 0) is 25.1 Å². The Morgan fingerprint density at radius 2 is 2.08 bits per heavy atom. The van der Waals surface area contributed by atoms with E-state index < -0.39 is 24.4 Å². The van der Waals surface area contributed by atoms with Gasteiger partial charge in [-0.15, -0.1) is 5.10 Å². The van der Waals surface area contributed by atoms with Crippen LogP contribution in [0.4, 0.5) is 17.6 Å². The van der Waals surface area contributed by atoms with E-state index in [1.54, 1.807) is 6.92 Å². The monoisotopic (exact) mass is 346 g/mol. The second-order valence-corrected chi connectivity index (χ2v) is 4.65. The van der Waals surface area contributed by atoms with Gasteiger partial charge in [-0.25, -0.2) is 9.18 Å². The molecule has 5 nitrogen and oxygen atoms in total. The number of rotatable bonds is 6. The molecule has 130 valence electrons. The molecular weight excluding hydrogens is 332 g/mol. The molecule has 0 atom stereocenters. The van der Waals surface area contributed by atoms with Gasteiger partial charge in [0.2, 0.25) is 0 Å². The predicted octanol–water partition coefficient (Wildman–Crippen LogP) is 3.84. The van der Waals surface area contributed by atoms with Crippen molar-refractivity contribution in [3.63, 3.8) is 0 Å². The third-order valence-corrected chi connectivity index (χ3v) is 2.91. The Labute approximate surface area is 134 Å². The van der Waals surface area contributed by atoms with Gasteiger partial charge in [-0.2, -0.15) is 13.2 Å². The Kier molecular flexibility index (Phi) is 5.42. The lowest BCUT2D eigenvalue weighted by molar-refractivity contribution is -0.137. The number of hydrogen-bond donors (Lipinski definition) is 0. The summed E-state index contributed by atoms with van der Waals surface area (Å²) < 4.78 is 61.9. The van der Waals surface area contributed by atoms with Crippen molar-refractivity contribution < 1.29 is 31.8 Å². The van der Waals surface area contributed by atoms with Gasteiger partial charge < -0.3 is 9.47 Å². The van der Waals surface area contributed by atoms with Crippen LogP contribution in [0.5, 0.6) is 11.6 Å². The molecular formula is C15H14F4N2O3. The molecule has 0 bridgehead atoms. The average Bonchev–Trinajstić information content (AvgIpc) is 2.90. The molecule has 0 fully saturated rings. The minimum absolute atomic E-state index is 0.0934. The van der Waals surface area contributed by atoms with Crippen LogP contribution < -0.4 is 4.74 Å². The SMILES string of the molecule is CCOC(=O)c1cn(CCF)nc1Oc1cccc(C(F)(F)F)c1. The summed E-state index contributed by atoms with van der Waals surface area (Å²) in [6, 6.07) is 4.13. The number of hydrogen-bond acceptors (Lipinski definition) is 4. The van der Waals surface area contributed by atoms with Crippen LogP contribution in [0.1, 0.15) is 22.8 Å². The summed E-state index contributed by atoms with van der Waals surface area (Å²) in [6.07, 6.45) is -3.31. The van der Waals surface area contributed by atoms with Gasteiger partial charge >= 0.3 is 12.1 Å². The number of benzene rings is 1. The number of alkyl halides is 4. The number of aryl methyl sites for hydroxylation is 1. The highest BCUT2D eigenvalue weighted by Crippen LogP contribution is 2.33. The highest BCUT2D eigenvalue weighted by Gasteiger charge is 2.31. The van der Waals surface area contributed by atoms with E-state index in [0.29, 0.717) is 0 Å². The molecule has 0 saturated carbocycles. The van der Waals surface area contributed by atoms with Crippen molar-refractivity contribution in [3.8, 4) is 11.6 Å². The summed E-state index contributed by atoms with van der Waals surface area (Å²) in [7, 11) is 0. The molecule has 0 amide bonds. The first kappa shape index (κ1) is 17.8. The summed E-state index contributed by atoms with van der Waals surface area (Å²) in [5.41, 5.74) is -0.997. The maximum Gasteiger partial charge on any atom is 0.416 e. The topological polar surface area (TPSA) is 53.4 Å². The number of halogens is 4. The molecule has 9 heteroatoms. The van der Waals surface area contributed by atoms with Crippen molar-refractivity contribution in [1.82, 2.24) is 9.78 Å². The Balaban J connectivity index is 2.32. The Bertz CT molecular complexity index is 713. The number of carbonyl (C=O) groups excluding carboxylic acids is 1. The van der Waals surface area contributed by atoms with Crippen LogP contribution in [-0.2, 0) is 17.5 Å². The van der Waals surface area contributed by atoms with Gasteiger partial charge in [0.25, 0.3) is 5.88 Å². The van der Waals surface area contributed by atoms with Crippen molar-refractivity contribution in [1.29, 1.82) is 0 Å². The van der Waals surface area contributed by atoms with Gasteiger partial charge in [0.15, 0.2) is 0 Å². The molecule has 1 heterocycles. The molecule has 0 aliphatic carbocycles. The lowest BCUT2D eigenvalue weighted by Crippen LogP contribution is -2.06. The number of aromatic nitrogens is 2. The molecule has 0 N–H and O–H groups in total. The maximum absolute atomic E-state index is 12.7. The van der Waals surface area contributed by atoms with Crippen LogP contribution in [0.2, 0.25) is 0 Å². The fourth-order valence-corrected chi connectivity index (χ4v) is 1.88. The van der Waals surface area contributed by atoms with Crippen molar-refractivity contribution in [3.05, 3.63) is 41.6 Å². The van der Waals surface area contributed by atoms with Crippen LogP contribution in [-0.4, -0.2) is 29.0 Å². The summed E-state index contributed by atoms with van der Waals surface area (Å²) in [4.78, 5) is 11.9. The highest BCUT2D eigenvalue weighted by atomic mass is 19.4. The molecule has 0 aliphatic heterocycles. The zero-order chi connectivity index (χ0) is 17.7. The van der Waals surface area contributed by atoms with Crippen molar-refractivity contribution in [2.75, 3.05) is 13.3 Å². The Morgan fingerprint density at radius 3 is 2.71 bits per heavy atom. The van der Waals surface area contributed by atoms with E-state index in [2.05, 4.69) is 5.10 Å². The first-order valence-corrected chi connectivity index (χ1v) is 7.00. The molecule has 24 heavy (non-hydrogen) atoms. The van der Waals surface area contributed by atoms with Gasteiger partial charge in [-0.3, -0.25) is 4.68 Å². The highest BCUT2D eigenvalue weighted by molar-refractivity contribution is 5.91. The second kappa shape index (κ2) is 7.33. The fourth-order valence-electron chi connectivity index (χ4n) is 1.88. The zero-order valence-electron chi connectivity index (χ0n) is 12.6. The quantitative estimate of drug-likeness (QED) is 0.589. The Hall–Kier alpha value is -2.58. The smallest absolute Gasteiger partial charge is 0.416 e. The minimum atomic E-state index is -4.53. The van der Waals surface area contributed by atoms with Gasteiger partial charge in [0.1, 0.15) is 18.0 Å². The summed E-state index contributed by atoms with van der Waals surface area (Å²) >= 11 is 0. The molecule has 1 aromatic heterocycles. The van der Waals surface area contributed by atoms with Gasteiger partial charge in [0.05, 0.1) is 18.7 Å². The average molecular weight is 346 g/mol. The van der Waals surface area contributed by atoms with Crippen molar-refractivity contribution >= 4 is 5.97 Å². The third kappa shape index (κ3) is 4.24. The normalized spacial score (nSPS) is 11.4. The third-order valence-electron chi connectivity index (χ3n) is 2.91. The fraction of sp³-hybridized carbons (Fsp3) is 0.333. The van der Waals surface area contributed by atoms with Crippen LogP contribution >= 0.6 is 0 Å². The molecule has 1 aromatic carbocycles. The Morgan fingerprint density at radius 1 is 1.33 bits per heavy atom. The summed E-state index contributed by atoms with van der Waals surface area (Å²) in [5, 5.41) is 3.86. The minimum Gasteiger partial charge on any atom is -0.462 e. The first-order valence-electron chi connectivity index (χ1n) is 7.00. The second-order valence-electron chi connectivity index (χ2n) is 4.65. The number of ether oxygens (including phenoxy) is 2. The van der Waals surface area contributed by atoms with E-state index in [4.69, 9.17) is 9.47 Å². The van der Waals surface area contributed by atoms with E-state index in [-0.39, 0.29) is 30.3 Å². The van der Waals surface area contributed by atoms with Crippen molar-refractivity contribution in [2.45, 2.75) is 19.6 Å². The molecule has 2 rings (SSSR count). The van der Waals surface area contributed by atoms with Gasteiger partial charge in [0, 0.05) is 6.20 Å². The van der Waals surface area contributed by atoms with E-state index in [1.807, 2.05) is 0 Å². The molecule has 2 aromatic rings. The standard InChI is InChI=1S/C15H14F4N2O3/c1-2-23-14(22)12-9-21(7-6-16)20-13(12)24-11-5-3-4-10(8-11)15(17,18)19/h3-5,8-9H,2,6-7H2,1H3. The van der Waals surface area contributed by atoms with Crippen LogP contribution in [0.25, 0.3) is 0 Å². The summed E-state index contributed by atoms with van der Waals surface area (Å²) in [6.45, 7) is 0.832. The lowest BCUT2D eigenvalue weighted by atomic mass is 10.2. The number of esters is 1. The first-order chi connectivity index (χ1) is 11.3. The zero-order valence-corrected chi connectivity index (χ0v) is 12.6. The van der Waals surface area contributed by atoms with Crippen LogP contribution in [0, 0.1) is 0 Å². The predicted molar refractivity (Wildman–Crippen MR) is 75.7 cm³/mol. The summed E-state index contributed by atoms with van der Waals surface area (Å²) in [5.74, 6) is -1.16. The van der Waals surface area contributed by atoms with E-state index in [1.165, 1.54) is 18.3 Å². The molecule has 0 spiro atoms. The van der Waals surface area contributed by atoms with E-state index in [0.717, 1.165) is 16.8 Å². The molecule has 0 radical (unpaired) electrons. The maximum atomic E-state index is 12.7. The lowest BCUT2D eigenvalue weighted by Gasteiger charge is -2.09. The van der Waals surface area contributed by atoms with Gasteiger partial charge in [-0.1, -0.05) is 6.07 Å². The van der Waals surface area contributed by atoms with E-state index in [9.17, 15) is 22.4 Å². The molecule has 0 saturated heterocycles. The molecule has 0 aliphatic rings. The van der Waals surface area contributed by atoms with E-state index >= 15 is 0 Å².